The van der Waals surface area contributed by atoms with Crippen molar-refractivity contribution in [3.05, 3.63) is 59.2 Å². The first-order chi connectivity index (χ1) is 14.4. The number of hydrogen-bond acceptors (Lipinski definition) is 4. The first kappa shape index (κ1) is 21.7. The molecule has 0 bridgehead atoms. The van der Waals surface area contributed by atoms with Crippen molar-refractivity contribution in [2.24, 2.45) is 5.92 Å². The Bertz CT molecular complexity index is 895. The van der Waals surface area contributed by atoms with Crippen molar-refractivity contribution in [2.75, 3.05) is 34.4 Å². The van der Waals surface area contributed by atoms with Gasteiger partial charge in [-0.25, -0.2) is 0 Å². The zero-order valence-electron chi connectivity index (χ0n) is 18.2. The lowest BCUT2D eigenvalue weighted by Crippen LogP contribution is -2.35. The number of carbonyl (C=O) groups is 2. The lowest BCUT2D eigenvalue weighted by atomic mass is 10.1. The van der Waals surface area contributed by atoms with Crippen molar-refractivity contribution in [2.45, 2.75) is 26.3 Å². The SMILES string of the molecule is COc1ccc(CCN(C)C(=O)[C@H]2CC(=O)N(Cc3ccc(C)cc3)C2)cc1OC. The molecule has 1 fully saturated rings. The summed E-state index contributed by atoms with van der Waals surface area (Å²) in [5.41, 5.74) is 3.34. The van der Waals surface area contributed by atoms with Gasteiger partial charge in [0.05, 0.1) is 20.1 Å². The molecule has 160 valence electrons. The molecule has 2 amide bonds. The average molecular weight is 411 g/mol. The molecule has 2 aromatic carbocycles. The van der Waals surface area contributed by atoms with Crippen LogP contribution in [0.1, 0.15) is 23.1 Å². The van der Waals surface area contributed by atoms with Crippen LogP contribution in [-0.4, -0.2) is 56.0 Å². The molecule has 0 aromatic heterocycles. The van der Waals surface area contributed by atoms with Gasteiger partial charge >= 0.3 is 0 Å². The Balaban J connectivity index is 1.54. The van der Waals surface area contributed by atoms with Crippen LogP contribution in [0.4, 0.5) is 0 Å². The van der Waals surface area contributed by atoms with Gasteiger partial charge in [0, 0.05) is 33.1 Å². The lowest BCUT2D eigenvalue weighted by Gasteiger charge is -2.22. The molecular weight excluding hydrogens is 380 g/mol. The topological polar surface area (TPSA) is 59.1 Å². The highest BCUT2D eigenvalue weighted by Gasteiger charge is 2.35. The van der Waals surface area contributed by atoms with Crippen LogP contribution < -0.4 is 9.47 Å². The maximum absolute atomic E-state index is 12.9. The van der Waals surface area contributed by atoms with E-state index in [-0.39, 0.29) is 24.2 Å². The van der Waals surface area contributed by atoms with Gasteiger partial charge in [-0.3, -0.25) is 9.59 Å². The zero-order valence-corrected chi connectivity index (χ0v) is 18.2. The Morgan fingerprint density at radius 3 is 2.40 bits per heavy atom. The van der Waals surface area contributed by atoms with Crippen LogP contribution in [0.2, 0.25) is 0 Å². The number of benzene rings is 2. The summed E-state index contributed by atoms with van der Waals surface area (Å²) in [7, 11) is 5.02. The van der Waals surface area contributed by atoms with Gasteiger partial charge < -0.3 is 19.3 Å². The van der Waals surface area contributed by atoms with Crippen LogP contribution in [0.3, 0.4) is 0 Å². The number of likely N-dealkylation sites (N-methyl/N-ethyl adjacent to an activating group) is 1. The number of likely N-dealkylation sites (tertiary alicyclic amines) is 1. The average Bonchev–Trinajstić information content (AvgIpc) is 3.12. The fraction of sp³-hybridized carbons (Fsp3) is 0.417. The Morgan fingerprint density at radius 2 is 1.73 bits per heavy atom. The Hall–Kier alpha value is -3.02. The third-order valence-electron chi connectivity index (χ3n) is 5.62. The van der Waals surface area contributed by atoms with Crippen molar-refractivity contribution in [1.82, 2.24) is 9.80 Å². The van der Waals surface area contributed by atoms with Crippen molar-refractivity contribution in [3.8, 4) is 11.5 Å². The van der Waals surface area contributed by atoms with Gasteiger partial charge in [-0.1, -0.05) is 35.9 Å². The van der Waals surface area contributed by atoms with Crippen LogP contribution >= 0.6 is 0 Å². The lowest BCUT2D eigenvalue weighted by molar-refractivity contribution is -0.134. The summed E-state index contributed by atoms with van der Waals surface area (Å²) < 4.78 is 10.6. The third-order valence-corrected chi connectivity index (χ3v) is 5.62. The number of nitrogens with zero attached hydrogens (tertiary/aromatic N) is 2. The summed E-state index contributed by atoms with van der Waals surface area (Å²) >= 11 is 0. The third kappa shape index (κ3) is 5.12. The van der Waals surface area contributed by atoms with Crippen LogP contribution in [-0.2, 0) is 22.6 Å². The maximum Gasteiger partial charge on any atom is 0.227 e. The summed E-state index contributed by atoms with van der Waals surface area (Å²) in [5, 5.41) is 0. The highest BCUT2D eigenvalue weighted by atomic mass is 16.5. The second-order valence-corrected chi connectivity index (χ2v) is 7.86. The molecule has 0 saturated carbocycles. The molecule has 2 aromatic rings. The molecule has 3 rings (SSSR count). The monoisotopic (exact) mass is 410 g/mol. The van der Waals surface area contributed by atoms with Crippen molar-refractivity contribution >= 4 is 11.8 Å². The fourth-order valence-corrected chi connectivity index (χ4v) is 3.76. The minimum atomic E-state index is -0.279. The van der Waals surface area contributed by atoms with E-state index in [4.69, 9.17) is 9.47 Å². The van der Waals surface area contributed by atoms with E-state index in [1.165, 1.54) is 5.56 Å². The quantitative estimate of drug-likeness (QED) is 0.671. The van der Waals surface area contributed by atoms with E-state index in [1.54, 1.807) is 31.1 Å². The molecule has 0 radical (unpaired) electrons. The molecule has 30 heavy (non-hydrogen) atoms. The minimum Gasteiger partial charge on any atom is -0.493 e. The molecule has 0 unspecified atom stereocenters. The summed E-state index contributed by atoms with van der Waals surface area (Å²) in [5.74, 6) is 1.15. The predicted molar refractivity (Wildman–Crippen MR) is 116 cm³/mol. The van der Waals surface area contributed by atoms with E-state index in [0.717, 1.165) is 11.1 Å². The molecule has 1 aliphatic rings. The van der Waals surface area contributed by atoms with Gasteiger partial charge in [0.15, 0.2) is 11.5 Å². The number of methoxy groups -OCH3 is 2. The predicted octanol–water partition coefficient (Wildman–Crippen LogP) is 3.06. The second-order valence-electron chi connectivity index (χ2n) is 7.86. The van der Waals surface area contributed by atoms with E-state index in [1.807, 2.05) is 49.4 Å². The standard InChI is InChI=1S/C24H30N2O4/c1-17-5-7-19(8-6-17)15-26-16-20(14-23(26)27)24(28)25(2)12-11-18-9-10-21(29-3)22(13-18)30-4/h5-10,13,20H,11-12,14-16H2,1-4H3/t20-/m0/s1. The molecule has 0 N–H and O–H groups in total. The van der Waals surface area contributed by atoms with Gasteiger partial charge in [-0.15, -0.1) is 0 Å². The fourth-order valence-electron chi connectivity index (χ4n) is 3.76. The van der Waals surface area contributed by atoms with Gasteiger partial charge in [0.1, 0.15) is 0 Å². The number of rotatable bonds is 8. The molecule has 1 saturated heterocycles. The van der Waals surface area contributed by atoms with Crippen LogP contribution in [0.5, 0.6) is 11.5 Å². The van der Waals surface area contributed by atoms with Crippen molar-refractivity contribution < 1.29 is 19.1 Å². The summed E-state index contributed by atoms with van der Waals surface area (Å²) in [6.07, 6.45) is 0.988. The summed E-state index contributed by atoms with van der Waals surface area (Å²) in [6, 6.07) is 13.9. The van der Waals surface area contributed by atoms with E-state index in [0.29, 0.717) is 37.6 Å². The maximum atomic E-state index is 12.9. The number of hydrogen-bond donors (Lipinski definition) is 0. The molecular formula is C24H30N2O4. The van der Waals surface area contributed by atoms with Gasteiger partial charge in [0.2, 0.25) is 11.8 Å². The highest BCUT2D eigenvalue weighted by Crippen LogP contribution is 2.28. The molecule has 1 atom stereocenters. The van der Waals surface area contributed by atoms with E-state index in [9.17, 15) is 9.59 Å². The highest BCUT2D eigenvalue weighted by molar-refractivity contribution is 5.89. The second kappa shape index (κ2) is 9.65. The van der Waals surface area contributed by atoms with E-state index >= 15 is 0 Å². The van der Waals surface area contributed by atoms with Gasteiger partial charge in [0.25, 0.3) is 0 Å². The van der Waals surface area contributed by atoms with E-state index in [2.05, 4.69) is 0 Å². The molecule has 6 heteroatoms. The molecule has 1 aliphatic heterocycles. The molecule has 0 aliphatic carbocycles. The van der Waals surface area contributed by atoms with Crippen LogP contribution in [0.25, 0.3) is 0 Å². The molecule has 6 nitrogen and oxygen atoms in total. The Morgan fingerprint density at radius 1 is 1.07 bits per heavy atom. The van der Waals surface area contributed by atoms with Crippen LogP contribution in [0, 0.1) is 12.8 Å². The Kier molecular flexibility index (Phi) is 6.98. The normalized spacial score (nSPS) is 15.9. The minimum absolute atomic E-state index is 0.0234. The largest absolute Gasteiger partial charge is 0.493 e. The molecule has 0 spiro atoms. The Labute approximate surface area is 178 Å². The number of aryl methyl sites for hydroxylation is 1. The number of ether oxygens (including phenoxy) is 2. The van der Waals surface area contributed by atoms with E-state index < -0.39 is 0 Å². The molecule has 1 heterocycles. The van der Waals surface area contributed by atoms with Crippen molar-refractivity contribution in [1.29, 1.82) is 0 Å². The first-order valence-electron chi connectivity index (χ1n) is 10.2. The van der Waals surface area contributed by atoms with Gasteiger partial charge in [-0.05, 0) is 36.6 Å². The van der Waals surface area contributed by atoms with Gasteiger partial charge in [-0.2, -0.15) is 0 Å². The van der Waals surface area contributed by atoms with Crippen LogP contribution in [0.15, 0.2) is 42.5 Å². The summed E-state index contributed by atoms with van der Waals surface area (Å²) in [4.78, 5) is 28.8. The smallest absolute Gasteiger partial charge is 0.227 e. The number of amides is 2. The van der Waals surface area contributed by atoms with Crippen molar-refractivity contribution in [3.63, 3.8) is 0 Å². The first-order valence-corrected chi connectivity index (χ1v) is 10.2. The zero-order chi connectivity index (χ0) is 21.7. The summed E-state index contributed by atoms with van der Waals surface area (Å²) in [6.45, 7) is 3.65. The number of carbonyl (C=O) groups excluding carboxylic acids is 2.